The maximum Gasteiger partial charge on any atom is 0.276 e. The van der Waals surface area contributed by atoms with Gasteiger partial charge in [0.2, 0.25) is 0 Å². The molecular formula is C15H18N2O3S. The Labute approximate surface area is 129 Å². The lowest BCUT2D eigenvalue weighted by Gasteiger charge is -2.13. The van der Waals surface area contributed by atoms with Crippen molar-refractivity contribution in [2.45, 2.75) is 6.92 Å². The van der Waals surface area contributed by atoms with Crippen molar-refractivity contribution in [1.29, 1.82) is 0 Å². The van der Waals surface area contributed by atoms with Crippen molar-refractivity contribution in [3.8, 4) is 11.5 Å². The fourth-order valence-electron chi connectivity index (χ4n) is 2.19. The quantitative estimate of drug-likeness (QED) is 0.630. The van der Waals surface area contributed by atoms with E-state index in [2.05, 4.69) is 0 Å². The van der Waals surface area contributed by atoms with E-state index in [1.54, 1.807) is 43.2 Å². The lowest BCUT2D eigenvalue weighted by Crippen LogP contribution is -2.30. The molecule has 21 heavy (non-hydrogen) atoms. The summed E-state index contributed by atoms with van der Waals surface area (Å²) in [4.78, 5) is 15.6. The number of carbonyl (C=O) groups is 1. The van der Waals surface area contributed by atoms with Gasteiger partial charge in [-0.05, 0) is 43.4 Å². The Morgan fingerprint density at radius 3 is 2.52 bits per heavy atom. The second kappa shape index (κ2) is 6.13. The minimum atomic E-state index is -0.102. The van der Waals surface area contributed by atoms with Crippen molar-refractivity contribution in [3.05, 3.63) is 29.5 Å². The number of rotatable bonds is 4. The highest BCUT2D eigenvalue weighted by Crippen LogP contribution is 2.29. The van der Waals surface area contributed by atoms with Crippen LogP contribution in [-0.2, 0) is 4.79 Å². The van der Waals surface area contributed by atoms with E-state index in [-0.39, 0.29) is 5.91 Å². The number of likely N-dealkylation sites (N-methyl/N-ethyl adjacent to an activating group) is 2. The van der Waals surface area contributed by atoms with Gasteiger partial charge in [0, 0.05) is 19.2 Å². The number of ether oxygens (including phenoxy) is 2. The van der Waals surface area contributed by atoms with Crippen LogP contribution in [0.15, 0.2) is 23.9 Å². The van der Waals surface area contributed by atoms with Crippen LogP contribution in [0, 0.1) is 0 Å². The highest BCUT2D eigenvalue weighted by molar-refractivity contribution is 7.80. The number of amides is 1. The second-order valence-electron chi connectivity index (χ2n) is 4.53. The largest absolute Gasteiger partial charge is 0.497 e. The van der Waals surface area contributed by atoms with Crippen LogP contribution in [0.5, 0.6) is 11.5 Å². The van der Waals surface area contributed by atoms with Gasteiger partial charge >= 0.3 is 0 Å². The Kier molecular flexibility index (Phi) is 4.47. The first-order valence-corrected chi connectivity index (χ1v) is 6.97. The Bertz CT molecular complexity index is 613. The molecule has 1 saturated heterocycles. The van der Waals surface area contributed by atoms with Crippen molar-refractivity contribution in [3.63, 3.8) is 0 Å². The zero-order chi connectivity index (χ0) is 15.6. The van der Waals surface area contributed by atoms with E-state index in [0.29, 0.717) is 28.9 Å². The molecule has 1 aromatic carbocycles. The minimum absolute atomic E-state index is 0.102. The summed E-state index contributed by atoms with van der Waals surface area (Å²) in [6, 6.07) is 5.44. The lowest BCUT2D eigenvalue weighted by molar-refractivity contribution is -0.122. The number of nitrogens with zero attached hydrogens (tertiary/aromatic N) is 2. The van der Waals surface area contributed by atoms with Crippen molar-refractivity contribution in [2.75, 3.05) is 27.8 Å². The molecule has 0 spiro atoms. The summed E-state index contributed by atoms with van der Waals surface area (Å²) < 4.78 is 10.5. The molecule has 2 rings (SSSR count). The second-order valence-corrected chi connectivity index (χ2v) is 4.89. The van der Waals surface area contributed by atoms with E-state index in [9.17, 15) is 4.79 Å². The molecule has 0 atom stereocenters. The summed E-state index contributed by atoms with van der Waals surface area (Å²) in [6.45, 7) is 2.45. The molecule has 0 unspecified atom stereocenters. The summed E-state index contributed by atoms with van der Waals surface area (Å²) in [5, 5.41) is 0.510. The molecule has 1 aliphatic rings. The molecule has 0 bridgehead atoms. The number of hydrogen-bond acceptors (Lipinski definition) is 4. The van der Waals surface area contributed by atoms with Gasteiger partial charge in [-0.25, -0.2) is 0 Å². The Hall–Kier alpha value is -2.08. The molecule has 0 N–H and O–H groups in total. The van der Waals surface area contributed by atoms with Crippen molar-refractivity contribution < 1.29 is 14.3 Å². The predicted octanol–water partition coefficient (Wildman–Crippen LogP) is 2.12. The summed E-state index contributed by atoms with van der Waals surface area (Å²) in [6.07, 6.45) is 1.77. The third-order valence-corrected chi connectivity index (χ3v) is 3.88. The smallest absolute Gasteiger partial charge is 0.276 e. The Morgan fingerprint density at radius 2 is 2.00 bits per heavy atom. The van der Waals surface area contributed by atoms with Gasteiger partial charge in [0.1, 0.15) is 17.2 Å². The minimum Gasteiger partial charge on any atom is -0.497 e. The van der Waals surface area contributed by atoms with E-state index < -0.39 is 0 Å². The van der Waals surface area contributed by atoms with E-state index in [0.717, 1.165) is 5.56 Å². The number of thiocarbonyl (C=S) groups is 1. The molecule has 1 aliphatic heterocycles. The molecule has 6 heteroatoms. The summed E-state index contributed by atoms with van der Waals surface area (Å²) in [5.41, 5.74) is 1.29. The van der Waals surface area contributed by atoms with E-state index in [1.165, 1.54) is 0 Å². The van der Waals surface area contributed by atoms with Crippen LogP contribution in [0.3, 0.4) is 0 Å². The number of methoxy groups -OCH3 is 2. The molecule has 1 aromatic rings. The lowest BCUT2D eigenvalue weighted by atomic mass is 10.1. The van der Waals surface area contributed by atoms with Gasteiger partial charge in [-0.15, -0.1) is 0 Å². The Balaban J connectivity index is 2.48. The summed E-state index contributed by atoms with van der Waals surface area (Å²) >= 11 is 5.28. The fourth-order valence-corrected chi connectivity index (χ4v) is 2.50. The van der Waals surface area contributed by atoms with Crippen LogP contribution >= 0.6 is 12.2 Å². The molecule has 0 aromatic heterocycles. The zero-order valence-electron chi connectivity index (χ0n) is 12.5. The van der Waals surface area contributed by atoms with Crippen LogP contribution < -0.4 is 9.47 Å². The van der Waals surface area contributed by atoms with Gasteiger partial charge in [0.05, 0.1) is 14.2 Å². The van der Waals surface area contributed by atoms with Crippen LogP contribution in [-0.4, -0.2) is 48.6 Å². The topological polar surface area (TPSA) is 42.0 Å². The molecule has 1 fully saturated rings. The summed E-state index contributed by atoms with van der Waals surface area (Å²) in [5.74, 6) is 1.27. The average Bonchev–Trinajstić information content (AvgIpc) is 2.70. The fraction of sp³-hybridized carbons (Fsp3) is 0.333. The normalized spacial score (nSPS) is 16.9. The average molecular weight is 306 g/mol. The molecule has 5 nitrogen and oxygen atoms in total. The molecule has 1 amide bonds. The van der Waals surface area contributed by atoms with Crippen molar-refractivity contribution >= 4 is 29.3 Å². The molecule has 0 aliphatic carbocycles. The van der Waals surface area contributed by atoms with Gasteiger partial charge in [-0.1, -0.05) is 0 Å². The summed E-state index contributed by atoms with van der Waals surface area (Å²) in [7, 11) is 4.97. The van der Waals surface area contributed by atoms with Gasteiger partial charge in [-0.3, -0.25) is 9.69 Å². The van der Waals surface area contributed by atoms with Gasteiger partial charge < -0.3 is 14.4 Å². The van der Waals surface area contributed by atoms with E-state index in [4.69, 9.17) is 21.7 Å². The third kappa shape index (κ3) is 2.71. The van der Waals surface area contributed by atoms with E-state index in [1.807, 2.05) is 19.1 Å². The number of benzene rings is 1. The van der Waals surface area contributed by atoms with Crippen LogP contribution in [0.2, 0.25) is 0 Å². The molecule has 1 heterocycles. The monoisotopic (exact) mass is 306 g/mol. The first kappa shape index (κ1) is 15.3. The van der Waals surface area contributed by atoms with Crippen LogP contribution in [0.4, 0.5) is 0 Å². The van der Waals surface area contributed by atoms with Gasteiger partial charge in [0.15, 0.2) is 5.11 Å². The van der Waals surface area contributed by atoms with Crippen LogP contribution in [0.1, 0.15) is 12.5 Å². The highest BCUT2D eigenvalue weighted by atomic mass is 32.1. The highest BCUT2D eigenvalue weighted by Gasteiger charge is 2.34. The first-order valence-electron chi connectivity index (χ1n) is 6.56. The van der Waals surface area contributed by atoms with Gasteiger partial charge in [0.25, 0.3) is 5.91 Å². The SMILES string of the molecule is CCN1C(=O)/C(=C\c2cc(OC)ccc2OC)N(C)C1=S. The molecule has 0 saturated carbocycles. The zero-order valence-corrected chi connectivity index (χ0v) is 13.4. The van der Waals surface area contributed by atoms with Crippen molar-refractivity contribution in [1.82, 2.24) is 9.80 Å². The van der Waals surface area contributed by atoms with Crippen LogP contribution in [0.25, 0.3) is 6.08 Å². The third-order valence-electron chi connectivity index (χ3n) is 3.39. The first-order chi connectivity index (χ1) is 10.0. The number of carbonyl (C=O) groups excluding carboxylic acids is 1. The maximum absolute atomic E-state index is 12.4. The number of hydrogen-bond donors (Lipinski definition) is 0. The van der Waals surface area contributed by atoms with Crippen molar-refractivity contribution in [2.24, 2.45) is 0 Å². The molecular weight excluding hydrogens is 288 g/mol. The molecule has 0 radical (unpaired) electrons. The van der Waals surface area contributed by atoms with E-state index >= 15 is 0 Å². The molecule has 112 valence electrons. The van der Waals surface area contributed by atoms with Gasteiger partial charge in [-0.2, -0.15) is 0 Å². The Morgan fingerprint density at radius 1 is 1.29 bits per heavy atom. The predicted molar refractivity (Wildman–Crippen MR) is 85.3 cm³/mol. The standard InChI is InChI=1S/C15H18N2O3S/c1-5-17-14(18)12(16(2)15(17)21)9-10-8-11(19-3)6-7-13(10)20-4/h6-9H,5H2,1-4H3/b12-9+. The maximum atomic E-state index is 12.4.